The van der Waals surface area contributed by atoms with Crippen LogP contribution in [0.25, 0.3) is 0 Å². The van der Waals surface area contributed by atoms with Gasteiger partial charge in [0.2, 0.25) is 0 Å². The number of esters is 2. The van der Waals surface area contributed by atoms with Gasteiger partial charge in [-0.2, -0.15) is 0 Å². The summed E-state index contributed by atoms with van der Waals surface area (Å²) in [5.41, 5.74) is 0.530. The fraction of sp³-hybridized carbons (Fsp3) is 0.429. The van der Waals surface area contributed by atoms with E-state index >= 15 is 0 Å². The molecule has 0 amide bonds. The molecule has 20 heavy (non-hydrogen) atoms. The summed E-state index contributed by atoms with van der Waals surface area (Å²) < 4.78 is 9.97. The van der Waals surface area contributed by atoms with Crippen LogP contribution >= 0.6 is 27.5 Å². The number of carbonyl (C=O) groups is 2. The maximum absolute atomic E-state index is 12.1. The maximum Gasteiger partial charge on any atom is 0.320 e. The first-order valence-corrected chi connectivity index (χ1v) is 7.54. The second-order valence-electron chi connectivity index (χ2n) is 3.91. The van der Waals surface area contributed by atoms with Gasteiger partial charge in [0.25, 0.3) is 0 Å². The van der Waals surface area contributed by atoms with Crippen molar-refractivity contribution in [2.45, 2.75) is 24.6 Å². The van der Waals surface area contributed by atoms with E-state index in [1.54, 1.807) is 38.1 Å². The molecule has 0 saturated heterocycles. The van der Waals surface area contributed by atoms with E-state index in [0.29, 0.717) is 10.6 Å². The predicted molar refractivity (Wildman–Crippen MR) is 80.2 cm³/mol. The van der Waals surface area contributed by atoms with Gasteiger partial charge >= 0.3 is 11.9 Å². The SMILES string of the molecule is CCOC(=O)C(Br)C(C(=O)OCC)c1ccccc1Cl. The summed E-state index contributed by atoms with van der Waals surface area (Å²) >= 11 is 9.33. The highest BCUT2D eigenvalue weighted by Gasteiger charge is 2.36. The minimum Gasteiger partial charge on any atom is -0.465 e. The highest BCUT2D eigenvalue weighted by Crippen LogP contribution is 2.32. The summed E-state index contributed by atoms with van der Waals surface area (Å²) in [5, 5.41) is 0.402. The molecule has 0 aliphatic rings. The molecule has 0 heterocycles. The van der Waals surface area contributed by atoms with Crippen molar-refractivity contribution in [1.29, 1.82) is 0 Å². The van der Waals surface area contributed by atoms with Gasteiger partial charge in [0.15, 0.2) is 0 Å². The van der Waals surface area contributed by atoms with Gasteiger partial charge in [0.05, 0.1) is 13.2 Å². The third-order valence-corrected chi connectivity index (χ3v) is 3.83. The van der Waals surface area contributed by atoms with E-state index in [-0.39, 0.29) is 13.2 Å². The van der Waals surface area contributed by atoms with E-state index in [1.807, 2.05) is 0 Å². The number of rotatable bonds is 6. The lowest BCUT2D eigenvalue weighted by molar-refractivity contribution is -0.150. The molecule has 1 rings (SSSR count). The highest BCUT2D eigenvalue weighted by molar-refractivity contribution is 9.10. The number of ether oxygens (including phenoxy) is 2. The van der Waals surface area contributed by atoms with Crippen molar-refractivity contribution < 1.29 is 19.1 Å². The van der Waals surface area contributed by atoms with Gasteiger partial charge in [-0.1, -0.05) is 45.7 Å². The second-order valence-corrected chi connectivity index (χ2v) is 5.30. The fourth-order valence-electron chi connectivity index (χ4n) is 1.72. The molecule has 0 aliphatic carbocycles. The van der Waals surface area contributed by atoms with Crippen LogP contribution in [0.15, 0.2) is 24.3 Å². The van der Waals surface area contributed by atoms with Crippen molar-refractivity contribution in [3.8, 4) is 0 Å². The lowest BCUT2D eigenvalue weighted by Crippen LogP contribution is -2.31. The molecule has 0 spiro atoms. The molecule has 0 bridgehead atoms. The molecule has 4 nitrogen and oxygen atoms in total. The Morgan fingerprint density at radius 1 is 1.15 bits per heavy atom. The molecule has 0 fully saturated rings. The largest absolute Gasteiger partial charge is 0.465 e. The molecule has 2 atom stereocenters. The number of alkyl halides is 1. The Kier molecular flexibility index (Phi) is 7.02. The van der Waals surface area contributed by atoms with Crippen LogP contribution in [0.5, 0.6) is 0 Å². The smallest absolute Gasteiger partial charge is 0.320 e. The average molecular weight is 364 g/mol. The highest BCUT2D eigenvalue weighted by atomic mass is 79.9. The van der Waals surface area contributed by atoms with Crippen molar-refractivity contribution in [2.24, 2.45) is 0 Å². The van der Waals surface area contributed by atoms with E-state index < -0.39 is 22.7 Å². The van der Waals surface area contributed by atoms with Gasteiger partial charge < -0.3 is 9.47 Å². The van der Waals surface area contributed by atoms with E-state index in [1.165, 1.54) is 0 Å². The molecular weight excluding hydrogens is 348 g/mol. The molecule has 6 heteroatoms. The standard InChI is InChI=1S/C14H16BrClO4/c1-3-19-13(17)11(12(15)14(18)20-4-2)9-7-5-6-8-10(9)16/h5-8,11-12H,3-4H2,1-2H3. The van der Waals surface area contributed by atoms with E-state index in [9.17, 15) is 9.59 Å². The molecule has 110 valence electrons. The number of benzene rings is 1. The summed E-state index contributed by atoms with van der Waals surface area (Å²) in [6.07, 6.45) is 0. The van der Waals surface area contributed by atoms with Crippen LogP contribution in [-0.2, 0) is 19.1 Å². The minimum atomic E-state index is -0.846. The Morgan fingerprint density at radius 3 is 2.25 bits per heavy atom. The first-order chi connectivity index (χ1) is 9.52. The zero-order valence-corrected chi connectivity index (χ0v) is 13.6. The third kappa shape index (κ3) is 4.21. The van der Waals surface area contributed by atoms with Gasteiger partial charge in [0, 0.05) is 5.02 Å². The Balaban J connectivity index is 3.12. The quantitative estimate of drug-likeness (QED) is 0.575. The number of hydrogen-bond donors (Lipinski definition) is 0. The van der Waals surface area contributed by atoms with Gasteiger partial charge in [-0.05, 0) is 25.5 Å². The summed E-state index contributed by atoms with van der Waals surface area (Å²) in [4.78, 5) is 23.1. The van der Waals surface area contributed by atoms with Crippen LogP contribution in [0, 0.1) is 0 Å². The summed E-state index contributed by atoms with van der Waals surface area (Å²) in [6.45, 7) is 3.86. The molecule has 1 aromatic carbocycles. The molecule has 0 saturated carbocycles. The molecule has 0 N–H and O–H groups in total. The first kappa shape index (κ1) is 17.0. The second kappa shape index (κ2) is 8.27. The van der Waals surface area contributed by atoms with Crippen molar-refractivity contribution in [3.63, 3.8) is 0 Å². The van der Waals surface area contributed by atoms with Crippen LogP contribution in [0.1, 0.15) is 25.3 Å². The summed E-state index contributed by atoms with van der Waals surface area (Å²) in [6, 6.07) is 6.85. The van der Waals surface area contributed by atoms with Gasteiger partial charge in [-0.25, -0.2) is 0 Å². The van der Waals surface area contributed by atoms with Gasteiger partial charge in [-0.3, -0.25) is 9.59 Å². The van der Waals surface area contributed by atoms with Crippen LogP contribution in [0.3, 0.4) is 0 Å². The van der Waals surface area contributed by atoms with Crippen molar-refractivity contribution in [3.05, 3.63) is 34.9 Å². The zero-order valence-electron chi connectivity index (χ0n) is 11.3. The Bertz CT molecular complexity index is 478. The Morgan fingerprint density at radius 2 is 1.70 bits per heavy atom. The molecular formula is C14H16BrClO4. The number of halogens is 2. The van der Waals surface area contributed by atoms with Crippen LogP contribution < -0.4 is 0 Å². The lowest BCUT2D eigenvalue weighted by Gasteiger charge is -2.21. The average Bonchev–Trinajstić information content (AvgIpc) is 2.41. The van der Waals surface area contributed by atoms with Crippen molar-refractivity contribution in [1.82, 2.24) is 0 Å². The van der Waals surface area contributed by atoms with Crippen LogP contribution in [-0.4, -0.2) is 30.0 Å². The van der Waals surface area contributed by atoms with E-state index in [2.05, 4.69) is 15.9 Å². The van der Waals surface area contributed by atoms with E-state index in [4.69, 9.17) is 21.1 Å². The van der Waals surface area contributed by atoms with Gasteiger partial charge in [0.1, 0.15) is 10.7 Å². The van der Waals surface area contributed by atoms with Crippen molar-refractivity contribution in [2.75, 3.05) is 13.2 Å². The molecule has 0 aliphatic heterocycles. The van der Waals surface area contributed by atoms with E-state index in [0.717, 1.165) is 0 Å². The van der Waals surface area contributed by atoms with Crippen LogP contribution in [0.2, 0.25) is 5.02 Å². The van der Waals surface area contributed by atoms with Crippen molar-refractivity contribution >= 4 is 39.5 Å². The fourth-order valence-corrected chi connectivity index (χ4v) is 2.61. The normalized spacial score (nSPS) is 13.4. The number of carbonyl (C=O) groups excluding carboxylic acids is 2. The Hall–Kier alpha value is -1.07. The third-order valence-electron chi connectivity index (χ3n) is 2.59. The minimum absolute atomic E-state index is 0.225. The number of hydrogen-bond acceptors (Lipinski definition) is 4. The molecule has 0 aromatic heterocycles. The monoisotopic (exact) mass is 362 g/mol. The molecule has 1 aromatic rings. The predicted octanol–water partition coefficient (Wildman–Crippen LogP) is 3.31. The van der Waals surface area contributed by atoms with Crippen LogP contribution in [0.4, 0.5) is 0 Å². The summed E-state index contributed by atoms with van der Waals surface area (Å²) in [7, 11) is 0. The topological polar surface area (TPSA) is 52.6 Å². The lowest BCUT2D eigenvalue weighted by atomic mass is 9.95. The maximum atomic E-state index is 12.1. The molecule has 0 radical (unpaired) electrons. The van der Waals surface area contributed by atoms with Gasteiger partial charge in [-0.15, -0.1) is 0 Å². The summed E-state index contributed by atoms with van der Waals surface area (Å²) in [5.74, 6) is -1.89. The molecule has 2 unspecified atom stereocenters. The zero-order chi connectivity index (χ0) is 15.1. The first-order valence-electron chi connectivity index (χ1n) is 6.24. The Labute approximate surface area is 131 Å².